The summed E-state index contributed by atoms with van der Waals surface area (Å²) in [5.41, 5.74) is 3.05. The second-order valence-corrected chi connectivity index (χ2v) is 7.44. The molecule has 2 N–H and O–H groups in total. The Labute approximate surface area is 171 Å². The van der Waals surface area contributed by atoms with E-state index in [0.717, 1.165) is 34.6 Å². The number of amides is 1. The lowest BCUT2D eigenvalue weighted by atomic mass is 10.1. The number of carbonyl (C=O) groups is 1. The predicted molar refractivity (Wildman–Crippen MR) is 111 cm³/mol. The molecule has 0 aromatic heterocycles. The molecule has 0 unspecified atom stereocenters. The van der Waals surface area contributed by atoms with E-state index in [2.05, 4.69) is 10.6 Å². The Morgan fingerprint density at radius 3 is 2.89 bits per heavy atom. The lowest BCUT2D eigenvalue weighted by molar-refractivity contribution is -0.120. The van der Waals surface area contributed by atoms with Crippen LogP contribution < -0.4 is 20.1 Å². The number of halogens is 1. The number of carbonyl (C=O) groups excluding carboxylic acids is 1. The highest BCUT2D eigenvalue weighted by Crippen LogP contribution is 2.35. The zero-order valence-corrected chi connectivity index (χ0v) is 17.3. The van der Waals surface area contributed by atoms with Crippen LogP contribution in [-0.4, -0.2) is 25.2 Å². The first kappa shape index (κ1) is 20.5. The quantitative estimate of drug-likeness (QED) is 0.699. The van der Waals surface area contributed by atoms with Crippen molar-refractivity contribution in [2.75, 3.05) is 13.2 Å². The van der Waals surface area contributed by atoms with Gasteiger partial charge in [-0.15, -0.1) is 0 Å². The number of hydrogen-bond donors (Lipinski definition) is 2. The van der Waals surface area contributed by atoms with Gasteiger partial charge < -0.3 is 20.1 Å². The predicted octanol–water partition coefficient (Wildman–Crippen LogP) is 4.03. The van der Waals surface area contributed by atoms with Crippen LogP contribution in [0, 0.1) is 0 Å². The molecule has 2 aromatic carbocycles. The fraction of sp³-hybridized carbons (Fsp3) is 0.409. The van der Waals surface area contributed by atoms with Crippen molar-refractivity contribution in [2.45, 2.75) is 45.9 Å². The molecule has 1 aliphatic rings. The standard InChI is InChI=1S/C22H27ClN2O3/c1-4-27-20-10-16-9-14(2)28-21(16)11-17(20)12-25-22(26)13-24-15(3)18-7-5-6-8-19(18)23/h5-8,10-11,14-15,24H,4,9,12-13H2,1-3H3,(H,25,26)/t14-,15+/m0/s1. The molecule has 2 atom stereocenters. The summed E-state index contributed by atoms with van der Waals surface area (Å²) in [7, 11) is 0. The van der Waals surface area contributed by atoms with Crippen molar-refractivity contribution in [3.05, 3.63) is 58.1 Å². The van der Waals surface area contributed by atoms with Crippen molar-refractivity contribution in [2.24, 2.45) is 0 Å². The zero-order chi connectivity index (χ0) is 20.1. The highest BCUT2D eigenvalue weighted by molar-refractivity contribution is 6.31. The largest absolute Gasteiger partial charge is 0.494 e. The molecule has 1 heterocycles. The summed E-state index contributed by atoms with van der Waals surface area (Å²) in [6.45, 7) is 7.16. The molecule has 0 spiro atoms. The fourth-order valence-electron chi connectivity index (χ4n) is 3.35. The Morgan fingerprint density at radius 2 is 2.14 bits per heavy atom. The maximum atomic E-state index is 12.3. The number of hydrogen-bond acceptors (Lipinski definition) is 4. The average molecular weight is 403 g/mol. The van der Waals surface area contributed by atoms with E-state index in [1.54, 1.807) is 0 Å². The number of fused-ring (bicyclic) bond motifs is 1. The summed E-state index contributed by atoms with van der Waals surface area (Å²) in [5.74, 6) is 1.60. The number of benzene rings is 2. The summed E-state index contributed by atoms with van der Waals surface area (Å²) in [6, 6.07) is 11.6. The van der Waals surface area contributed by atoms with Crippen LogP contribution >= 0.6 is 11.6 Å². The van der Waals surface area contributed by atoms with Gasteiger partial charge in [-0.3, -0.25) is 4.79 Å². The van der Waals surface area contributed by atoms with Gasteiger partial charge in [0.05, 0.1) is 13.2 Å². The van der Waals surface area contributed by atoms with Crippen molar-refractivity contribution in [3.8, 4) is 11.5 Å². The highest BCUT2D eigenvalue weighted by Gasteiger charge is 2.22. The summed E-state index contributed by atoms with van der Waals surface area (Å²) in [4.78, 5) is 12.3. The molecule has 5 nitrogen and oxygen atoms in total. The smallest absolute Gasteiger partial charge is 0.234 e. The maximum Gasteiger partial charge on any atom is 0.234 e. The Hall–Kier alpha value is -2.24. The topological polar surface area (TPSA) is 59.6 Å². The second-order valence-electron chi connectivity index (χ2n) is 7.03. The minimum Gasteiger partial charge on any atom is -0.494 e. The summed E-state index contributed by atoms with van der Waals surface area (Å²) < 4.78 is 11.6. The Balaban J connectivity index is 1.57. The molecule has 0 saturated heterocycles. The third-order valence-corrected chi connectivity index (χ3v) is 5.14. The van der Waals surface area contributed by atoms with Crippen molar-refractivity contribution < 1.29 is 14.3 Å². The summed E-state index contributed by atoms with van der Waals surface area (Å²) in [6.07, 6.45) is 1.05. The van der Waals surface area contributed by atoms with Crippen LogP contribution in [0.3, 0.4) is 0 Å². The van der Waals surface area contributed by atoms with Crippen molar-refractivity contribution >= 4 is 17.5 Å². The van der Waals surface area contributed by atoms with E-state index >= 15 is 0 Å². The van der Waals surface area contributed by atoms with E-state index in [1.165, 1.54) is 0 Å². The first-order valence-corrected chi connectivity index (χ1v) is 10.1. The van der Waals surface area contributed by atoms with Gasteiger partial charge in [-0.2, -0.15) is 0 Å². The van der Waals surface area contributed by atoms with Gasteiger partial charge in [0.15, 0.2) is 0 Å². The molecule has 6 heteroatoms. The number of ether oxygens (including phenoxy) is 2. The first-order chi connectivity index (χ1) is 13.5. The van der Waals surface area contributed by atoms with Crippen LogP contribution in [-0.2, 0) is 17.8 Å². The van der Waals surface area contributed by atoms with Gasteiger partial charge in [-0.25, -0.2) is 0 Å². The molecular weight excluding hydrogens is 376 g/mol. The molecule has 0 saturated carbocycles. The van der Waals surface area contributed by atoms with Gasteiger partial charge in [0.2, 0.25) is 5.91 Å². The maximum absolute atomic E-state index is 12.3. The average Bonchev–Trinajstić information content (AvgIpc) is 3.03. The molecule has 28 heavy (non-hydrogen) atoms. The molecule has 150 valence electrons. The second kappa shape index (κ2) is 9.30. The molecule has 3 rings (SSSR count). The zero-order valence-electron chi connectivity index (χ0n) is 16.5. The minimum atomic E-state index is -0.0869. The normalized spacial score (nSPS) is 16.2. The van der Waals surface area contributed by atoms with Gasteiger partial charge in [0.25, 0.3) is 0 Å². The van der Waals surface area contributed by atoms with Gasteiger partial charge >= 0.3 is 0 Å². The third-order valence-electron chi connectivity index (χ3n) is 4.80. The van der Waals surface area contributed by atoms with E-state index in [0.29, 0.717) is 18.2 Å². The molecule has 2 aromatic rings. The van der Waals surface area contributed by atoms with Gasteiger partial charge in [-0.1, -0.05) is 29.8 Å². The molecule has 0 radical (unpaired) electrons. The Kier molecular flexibility index (Phi) is 6.81. The van der Waals surface area contributed by atoms with E-state index in [-0.39, 0.29) is 24.6 Å². The van der Waals surface area contributed by atoms with Crippen LogP contribution in [0.5, 0.6) is 11.5 Å². The van der Waals surface area contributed by atoms with Gasteiger partial charge in [0, 0.05) is 35.2 Å². The van der Waals surface area contributed by atoms with Crippen molar-refractivity contribution in [3.63, 3.8) is 0 Å². The monoisotopic (exact) mass is 402 g/mol. The number of rotatable bonds is 8. The summed E-state index contributed by atoms with van der Waals surface area (Å²) >= 11 is 6.21. The molecule has 0 aliphatic carbocycles. The van der Waals surface area contributed by atoms with E-state index in [1.807, 2.05) is 57.2 Å². The fourth-order valence-corrected chi connectivity index (χ4v) is 3.65. The highest BCUT2D eigenvalue weighted by atomic mass is 35.5. The minimum absolute atomic E-state index is 0.0201. The van der Waals surface area contributed by atoms with Gasteiger partial charge in [0.1, 0.15) is 17.6 Å². The molecule has 0 fully saturated rings. The lowest BCUT2D eigenvalue weighted by Gasteiger charge is -2.16. The number of nitrogens with one attached hydrogen (secondary N) is 2. The Bertz CT molecular complexity index is 841. The first-order valence-electron chi connectivity index (χ1n) is 9.67. The van der Waals surface area contributed by atoms with Crippen LogP contribution in [0.4, 0.5) is 0 Å². The van der Waals surface area contributed by atoms with Crippen LogP contribution in [0.2, 0.25) is 5.02 Å². The molecular formula is C22H27ClN2O3. The summed E-state index contributed by atoms with van der Waals surface area (Å²) in [5, 5.41) is 6.85. The van der Waals surface area contributed by atoms with Gasteiger partial charge in [-0.05, 0) is 44.5 Å². The SMILES string of the molecule is CCOc1cc2c(cc1CNC(=O)CN[C@H](C)c1ccccc1Cl)O[C@@H](C)C2. The molecule has 0 bridgehead atoms. The third kappa shape index (κ3) is 4.97. The van der Waals surface area contributed by atoms with Crippen LogP contribution in [0.15, 0.2) is 36.4 Å². The van der Waals surface area contributed by atoms with Crippen molar-refractivity contribution in [1.29, 1.82) is 0 Å². The molecule has 1 amide bonds. The Morgan fingerprint density at radius 1 is 1.36 bits per heavy atom. The molecule has 1 aliphatic heterocycles. The van der Waals surface area contributed by atoms with Crippen molar-refractivity contribution in [1.82, 2.24) is 10.6 Å². The van der Waals surface area contributed by atoms with E-state index in [4.69, 9.17) is 21.1 Å². The van der Waals surface area contributed by atoms with Crippen LogP contribution in [0.25, 0.3) is 0 Å². The lowest BCUT2D eigenvalue weighted by Crippen LogP contribution is -2.34. The van der Waals surface area contributed by atoms with E-state index < -0.39 is 0 Å². The van der Waals surface area contributed by atoms with Crippen LogP contribution in [0.1, 0.15) is 43.5 Å². The van der Waals surface area contributed by atoms with E-state index in [9.17, 15) is 4.79 Å².